The summed E-state index contributed by atoms with van der Waals surface area (Å²) in [7, 11) is 0. The monoisotopic (exact) mass is 326 g/mol. The maximum Gasteiger partial charge on any atom is 0.344 e. The average molecular weight is 327 g/mol. The molecule has 0 fully saturated rings. The van der Waals surface area contributed by atoms with Crippen LogP contribution in [0.2, 0.25) is 0 Å². The first kappa shape index (κ1) is 15.8. The topological polar surface area (TPSA) is 35.5 Å². The number of hydrogen-bond acceptors (Lipinski definition) is 3. The fourth-order valence-electron chi connectivity index (χ4n) is 1.40. The van der Waals surface area contributed by atoms with Gasteiger partial charge in [-0.1, -0.05) is 40.2 Å². The van der Waals surface area contributed by atoms with E-state index in [1.165, 1.54) is 0 Å². The summed E-state index contributed by atoms with van der Waals surface area (Å²) in [5, 5.41) is 0.802. The van der Waals surface area contributed by atoms with E-state index in [4.69, 9.17) is 9.47 Å². The zero-order valence-electron chi connectivity index (χ0n) is 11.5. The Morgan fingerprint density at radius 1 is 1.37 bits per heavy atom. The minimum absolute atomic E-state index is 0.0805. The molecule has 0 aromatic heterocycles. The lowest BCUT2D eigenvalue weighted by Crippen LogP contribution is -2.27. The molecule has 0 amide bonds. The van der Waals surface area contributed by atoms with Gasteiger partial charge in [-0.2, -0.15) is 0 Å². The molecule has 0 spiro atoms. The molecule has 0 aliphatic carbocycles. The van der Waals surface area contributed by atoms with Gasteiger partial charge in [-0.05, 0) is 38.5 Å². The molecule has 1 aromatic carbocycles. The van der Waals surface area contributed by atoms with Gasteiger partial charge in [-0.3, -0.25) is 0 Å². The number of rotatable bonds is 5. The summed E-state index contributed by atoms with van der Waals surface area (Å²) in [6, 6.07) is 7.55. The number of alkyl halides is 1. The smallest absolute Gasteiger partial charge is 0.344 e. The highest BCUT2D eigenvalue weighted by Gasteiger charge is 2.16. The summed E-state index contributed by atoms with van der Waals surface area (Å²) in [4.78, 5) is 11.5. The van der Waals surface area contributed by atoms with E-state index in [0.717, 1.165) is 10.9 Å². The SMILES string of the molecule is CC(C)(C)OC(=O)COc1cccc(/C=C/CBr)c1. The number of benzene rings is 1. The number of ether oxygens (including phenoxy) is 2. The van der Waals surface area contributed by atoms with Gasteiger partial charge in [0.2, 0.25) is 0 Å². The highest BCUT2D eigenvalue weighted by molar-refractivity contribution is 9.09. The second-order valence-corrected chi connectivity index (χ2v) is 5.65. The van der Waals surface area contributed by atoms with Crippen LogP contribution < -0.4 is 4.74 Å². The minimum Gasteiger partial charge on any atom is -0.482 e. The second-order valence-electron chi connectivity index (χ2n) is 5.00. The lowest BCUT2D eigenvalue weighted by Gasteiger charge is -2.19. The highest BCUT2D eigenvalue weighted by atomic mass is 79.9. The molecule has 0 aliphatic rings. The summed E-state index contributed by atoms with van der Waals surface area (Å²) in [5.41, 5.74) is 0.544. The van der Waals surface area contributed by atoms with Crippen LogP contribution in [-0.2, 0) is 9.53 Å². The lowest BCUT2D eigenvalue weighted by atomic mass is 10.2. The van der Waals surface area contributed by atoms with Gasteiger partial charge in [-0.15, -0.1) is 0 Å². The van der Waals surface area contributed by atoms with Gasteiger partial charge in [0.15, 0.2) is 6.61 Å². The van der Waals surface area contributed by atoms with Crippen LogP contribution in [0.25, 0.3) is 6.08 Å². The van der Waals surface area contributed by atoms with Crippen molar-refractivity contribution in [3.63, 3.8) is 0 Å². The molecule has 1 aromatic rings. The minimum atomic E-state index is -0.485. The normalized spacial score (nSPS) is 11.6. The Bertz CT molecular complexity index is 447. The molecule has 4 heteroatoms. The van der Waals surface area contributed by atoms with Crippen LogP contribution in [0, 0.1) is 0 Å². The standard InChI is InChI=1S/C15H19BrO3/c1-15(2,3)19-14(17)11-18-13-8-4-6-12(10-13)7-5-9-16/h4-8,10H,9,11H2,1-3H3/b7-5+. The quantitative estimate of drug-likeness (QED) is 0.609. The van der Waals surface area contributed by atoms with Crippen molar-refractivity contribution in [2.24, 2.45) is 0 Å². The Morgan fingerprint density at radius 3 is 2.74 bits per heavy atom. The predicted octanol–water partition coefficient (Wildman–Crippen LogP) is 3.82. The van der Waals surface area contributed by atoms with Crippen molar-refractivity contribution in [1.29, 1.82) is 0 Å². The van der Waals surface area contributed by atoms with Gasteiger partial charge in [-0.25, -0.2) is 4.79 Å². The number of hydrogen-bond donors (Lipinski definition) is 0. The van der Waals surface area contributed by atoms with Crippen molar-refractivity contribution in [3.05, 3.63) is 35.9 Å². The molecule has 0 atom stereocenters. The van der Waals surface area contributed by atoms with E-state index in [2.05, 4.69) is 15.9 Å². The number of carbonyl (C=O) groups excluding carboxylic acids is 1. The van der Waals surface area contributed by atoms with Crippen LogP contribution >= 0.6 is 15.9 Å². The number of allylic oxidation sites excluding steroid dienone is 1. The Labute approximate surface area is 122 Å². The molecule has 0 saturated heterocycles. The molecule has 104 valence electrons. The van der Waals surface area contributed by atoms with Crippen molar-refractivity contribution in [2.75, 3.05) is 11.9 Å². The molecule has 0 N–H and O–H groups in total. The van der Waals surface area contributed by atoms with E-state index in [9.17, 15) is 4.79 Å². The molecule has 0 bridgehead atoms. The molecule has 0 heterocycles. The average Bonchev–Trinajstić information content (AvgIpc) is 2.32. The van der Waals surface area contributed by atoms with Gasteiger partial charge in [0, 0.05) is 5.33 Å². The fraction of sp³-hybridized carbons (Fsp3) is 0.400. The Hall–Kier alpha value is -1.29. The Kier molecular flexibility index (Phi) is 6.09. The van der Waals surface area contributed by atoms with Crippen LogP contribution in [0.1, 0.15) is 26.3 Å². The molecule has 1 rings (SSSR count). The molecule has 0 radical (unpaired) electrons. The Balaban J connectivity index is 2.54. The van der Waals surface area contributed by atoms with Crippen molar-refractivity contribution >= 4 is 28.0 Å². The van der Waals surface area contributed by atoms with Crippen molar-refractivity contribution in [2.45, 2.75) is 26.4 Å². The van der Waals surface area contributed by atoms with E-state index in [1.807, 2.05) is 57.2 Å². The lowest BCUT2D eigenvalue weighted by molar-refractivity contribution is -0.157. The molecule has 0 aliphatic heterocycles. The van der Waals surface area contributed by atoms with E-state index in [-0.39, 0.29) is 12.6 Å². The van der Waals surface area contributed by atoms with Crippen LogP contribution in [0.4, 0.5) is 0 Å². The number of esters is 1. The Morgan fingerprint density at radius 2 is 2.11 bits per heavy atom. The highest BCUT2D eigenvalue weighted by Crippen LogP contribution is 2.15. The zero-order chi connectivity index (χ0) is 14.3. The first-order chi connectivity index (χ1) is 8.90. The summed E-state index contributed by atoms with van der Waals surface area (Å²) >= 11 is 3.32. The van der Waals surface area contributed by atoms with Crippen molar-refractivity contribution in [1.82, 2.24) is 0 Å². The first-order valence-corrected chi connectivity index (χ1v) is 7.20. The molecular formula is C15H19BrO3. The summed E-state index contributed by atoms with van der Waals surface area (Å²) in [6.45, 7) is 5.41. The largest absolute Gasteiger partial charge is 0.482 e. The van der Waals surface area contributed by atoms with Gasteiger partial charge in [0.25, 0.3) is 0 Å². The van der Waals surface area contributed by atoms with E-state index in [1.54, 1.807) is 0 Å². The third-order valence-electron chi connectivity index (χ3n) is 2.03. The van der Waals surface area contributed by atoms with Gasteiger partial charge >= 0.3 is 5.97 Å². The molecule has 0 saturated carbocycles. The van der Waals surface area contributed by atoms with E-state index < -0.39 is 5.60 Å². The van der Waals surface area contributed by atoms with Gasteiger partial charge < -0.3 is 9.47 Å². The predicted molar refractivity (Wildman–Crippen MR) is 80.6 cm³/mol. The van der Waals surface area contributed by atoms with Crippen LogP contribution in [0.15, 0.2) is 30.3 Å². The second kappa shape index (κ2) is 7.34. The first-order valence-electron chi connectivity index (χ1n) is 6.08. The van der Waals surface area contributed by atoms with E-state index in [0.29, 0.717) is 5.75 Å². The third kappa shape index (κ3) is 7.01. The number of carbonyl (C=O) groups is 1. The summed E-state index contributed by atoms with van der Waals surface area (Å²) in [6.07, 6.45) is 3.97. The number of halogens is 1. The maximum absolute atomic E-state index is 11.5. The van der Waals surface area contributed by atoms with Gasteiger partial charge in [0.05, 0.1) is 0 Å². The van der Waals surface area contributed by atoms with Crippen molar-refractivity contribution < 1.29 is 14.3 Å². The molecule has 3 nitrogen and oxygen atoms in total. The third-order valence-corrected chi connectivity index (χ3v) is 2.41. The molecular weight excluding hydrogens is 308 g/mol. The van der Waals surface area contributed by atoms with Crippen molar-refractivity contribution in [3.8, 4) is 5.75 Å². The van der Waals surface area contributed by atoms with E-state index >= 15 is 0 Å². The van der Waals surface area contributed by atoms with Gasteiger partial charge in [0.1, 0.15) is 11.4 Å². The fourth-order valence-corrected chi connectivity index (χ4v) is 1.59. The summed E-state index contributed by atoms with van der Waals surface area (Å²) in [5.74, 6) is 0.288. The summed E-state index contributed by atoms with van der Waals surface area (Å²) < 4.78 is 10.6. The molecule has 19 heavy (non-hydrogen) atoms. The van der Waals surface area contributed by atoms with Crippen LogP contribution in [0.3, 0.4) is 0 Å². The maximum atomic E-state index is 11.5. The van der Waals surface area contributed by atoms with Crippen LogP contribution in [0.5, 0.6) is 5.75 Å². The van der Waals surface area contributed by atoms with Crippen LogP contribution in [-0.4, -0.2) is 23.5 Å². The molecule has 0 unspecified atom stereocenters. The zero-order valence-corrected chi connectivity index (χ0v) is 13.1.